The van der Waals surface area contributed by atoms with Crippen molar-refractivity contribution < 1.29 is 9.53 Å². The fraction of sp³-hybridized carbons (Fsp3) is 0.917. The van der Waals surface area contributed by atoms with Gasteiger partial charge in [0, 0.05) is 32.1 Å². The van der Waals surface area contributed by atoms with Crippen molar-refractivity contribution >= 4 is 6.09 Å². The Morgan fingerprint density at radius 3 is 2.31 bits per heavy atom. The molecule has 1 fully saturated rings. The molecule has 1 N–H and O–H groups in total. The van der Waals surface area contributed by atoms with Crippen molar-refractivity contribution in [1.29, 1.82) is 0 Å². The van der Waals surface area contributed by atoms with E-state index in [1.165, 1.54) is 0 Å². The van der Waals surface area contributed by atoms with Gasteiger partial charge in [-0.05, 0) is 27.2 Å². The number of hydrogen-bond acceptors (Lipinski definition) is 3. The molecule has 1 aliphatic heterocycles. The average molecular weight is 228 g/mol. The van der Waals surface area contributed by atoms with E-state index in [1.807, 2.05) is 27.8 Å². The van der Waals surface area contributed by atoms with E-state index < -0.39 is 5.60 Å². The van der Waals surface area contributed by atoms with Crippen LogP contribution in [0.2, 0.25) is 0 Å². The van der Waals surface area contributed by atoms with E-state index in [0.29, 0.717) is 0 Å². The van der Waals surface area contributed by atoms with E-state index in [1.54, 1.807) is 4.90 Å². The summed E-state index contributed by atoms with van der Waals surface area (Å²) in [4.78, 5) is 13.5. The molecule has 0 aromatic rings. The van der Waals surface area contributed by atoms with Gasteiger partial charge in [0.25, 0.3) is 0 Å². The monoisotopic (exact) mass is 228 g/mol. The molecule has 0 aromatic heterocycles. The van der Waals surface area contributed by atoms with Crippen LogP contribution in [-0.2, 0) is 4.74 Å². The maximum Gasteiger partial charge on any atom is 0.410 e. The number of nitrogens with zero attached hydrogens (tertiary/aromatic N) is 1. The van der Waals surface area contributed by atoms with Crippen molar-refractivity contribution in [3.05, 3.63) is 0 Å². The summed E-state index contributed by atoms with van der Waals surface area (Å²) in [7, 11) is 1.81. The van der Waals surface area contributed by atoms with Gasteiger partial charge in [0.05, 0.1) is 0 Å². The van der Waals surface area contributed by atoms with E-state index >= 15 is 0 Å². The van der Waals surface area contributed by atoms with E-state index in [0.717, 1.165) is 26.1 Å². The van der Waals surface area contributed by atoms with Crippen LogP contribution in [0.5, 0.6) is 0 Å². The summed E-state index contributed by atoms with van der Waals surface area (Å²) in [5.41, 5.74) is -0.158. The molecular weight excluding hydrogens is 204 g/mol. The van der Waals surface area contributed by atoms with Gasteiger partial charge < -0.3 is 15.0 Å². The smallest absolute Gasteiger partial charge is 0.410 e. The van der Waals surface area contributed by atoms with E-state index in [9.17, 15) is 4.79 Å². The van der Waals surface area contributed by atoms with Gasteiger partial charge >= 0.3 is 6.09 Å². The largest absolute Gasteiger partial charge is 0.444 e. The molecule has 94 valence electrons. The zero-order valence-electron chi connectivity index (χ0n) is 11.1. The topological polar surface area (TPSA) is 41.6 Å². The normalized spacial score (nSPS) is 18.8. The molecule has 0 spiro atoms. The molecule has 1 heterocycles. The molecule has 1 aliphatic rings. The number of amides is 1. The van der Waals surface area contributed by atoms with E-state index in [4.69, 9.17) is 4.74 Å². The molecule has 4 nitrogen and oxygen atoms in total. The Bertz CT molecular complexity index is 249. The highest BCUT2D eigenvalue weighted by atomic mass is 16.6. The number of nitrogens with one attached hydrogen (secondary N) is 1. The van der Waals surface area contributed by atoms with Gasteiger partial charge in [-0.15, -0.1) is 0 Å². The summed E-state index contributed by atoms with van der Waals surface area (Å²) in [5.74, 6) is 0. The lowest BCUT2D eigenvalue weighted by Crippen LogP contribution is -2.58. The molecular formula is C12H24N2O2. The van der Waals surface area contributed by atoms with Crippen LogP contribution in [-0.4, -0.2) is 43.3 Å². The Kier molecular flexibility index (Phi) is 3.84. The zero-order chi connectivity index (χ0) is 12.4. The van der Waals surface area contributed by atoms with Gasteiger partial charge in [0.15, 0.2) is 0 Å². The molecule has 0 radical (unpaired) electrons. The molecule has 0 bridgehead atoms. The van der Waals surface area contributed by atoms with Gasteiger partial charge in [0.2, 0.25) is 0 Å². The molecule has 1 rings (SSSR count). The lowest BCUT2D eigenvalue weighted by molar-refractivity contribution is 0.0148. The predicted octanol–water partition coefficient (Wildman–Crippen LogP) is 1.85. The first kappa shape index (κ1) is 13.3. The summed E-state index contributed by atoms with van der Waals surface area (Å²) in [6, 6.07) is 0. The van der Waals surface area contributed by atoms with Crippen molar-refractivity contribution in [2.75, 3.05) is 26.7 Å². The minimum Gasteiger partial charge on any atom is -0.444 e. The van der Waals surface area contributed by atoms with Gasteiger partial charge in [-0.1, -0.05) is 6.92 Å². The highest BCUT2D eigenvalue weighted by molar-refractivity contribution is 5.67. The molecule has 0 saturated carbocycles. The molecule has 0 aromatic carbocycles. The van der Waals surface area contributed by atoms with Crippen molar-refractivity contribution in [2.24, 2.45) is 5.41 Å². The third-order valence-electron chi connectivity index (χ3n) is 3.03. The third-order valence-corrected chi connectivity index (χ3v) is 3.03. The fourth-order valence-corrected chi connectivity index (χ4v) is 1.86. The van der Waals surface area contributed by atoms with Crippen LogP contribution >= 0.6 is 0 Å². The summed E-state index contributed by atoms with van der Waals surface area (Å²) >= 11 is 0. The minimum absolute atomic E-state index is 0.229. The van der Waals surface area contributed by atoms with Gasteiger partial charge in [0.1, 0.15) is 5.60 Å². The predicted molar refractivity (Wildman–Crippen MR) is 64.5 cm³/mol. The average Bonchev–Trinajstić information content (AvgIpc) is 2.08. The molecule has 1 amide bonds. The number of ether oxygens (including phenoxy) is 1. The van der Waals surface area contributed by atoms with Gasteiger partial charge in [-0.25, -0.2) is 4.79 Å². The summed E-state index contributed by atoms with van der Waals surface area (Å²) in [5, 5.41) is 3.27. The second-order valence-corrected chi connectivity index (χ2v) is 5.79. The number of hydrogen-bond donors (Lipinski definition) is 1. The Balaban J connectivity index is 2.45. The first-order valence-electron chi connectivity index (χ1n) is 5.93. The minimum atomic E-state index is -0.414. The lowest BCUT2D eigenvalue weighted by atomic mass is 9.79. The Labute approximate surface area is 98.3 Å². The van der Waals surface area contributed by atoms with E-state index in [2.05, 4.69) is 12.2 Å². The van der Waals surface area contributed by atoms with Crippen LogP contribution in [0, 0.1) is 5.41 Å². The highest BCUT2D eigenvalue weighted by Gasteiger charge is 2.37. The first-order valence-corrected chi connectivity index (χ1v) is 5.93. The summed E-state index contributed by atoms with van der Waals surface area (Å²) in [6.45, 7) is 10.6. The summed E-state index contributed by atoms with van der Waals surface area (Å²) in [6.07, 6.45) is 0.861. The van der Waals surface area contributed by atoms with Crippen molar-refractivity contribution in [3.63, 3.8) is 0 Å². The first-order chi connectivity index (χ1) is 7.28. The number of rotatable bonds is 3. The molecule has 0 atom stereocenters. The van der Waals surface area contributed by atoms with Crippen LogP contribution in [0.15, 0.2) is 0 Å². The molecule has 0 unspecified atom stereocenters. The maximum absolute atomic E-state index is 11.8. The Morgan fingerprint density at radius 1 is 1.44 bits per heavy atom. The van der Waals surface area contributed by atoms with Crippen molar-refractivity contribution in [2.45, 2.75) is 39.7 Å². The molecule has 4 heteroatoms. The molecule has 1 saturated heterocycles. The molecule has 16 heavy (non-hydrogen) atoms. The lowest BCUT2D eigenvalue weighted by Gasteiger charge is -2.44. The SMILES string of the molecule is CCC1(CN(C)C(=O)OC(C)(C)C)CNC1. The fourth-order valence-electron chi connectivity index (χ4n) is 1.86. The highest BCUT2D eigenvalue weighted by Crippen LogP contribution is 2.27. The van der Waals surface area contributed by atoms with Crippen LogP contribution in [0.25, 0.3) is 0 Å². The third kappa shape index (κ3) is 3.37. The number of carbonyl (C=O) groups is 1. The van der Waals surface area contributed by atoms with Crippen LogP contribution in [0.4, 0.5) is 4.79 Å². The quantitative estimate of drug-likeness (QED) is 0.801. The van der Waals surface area contributed by atoms with Gasteiger partial charge in [-0.3, -0.25) is 0 Å². The second-order valence-electron chi connectivity index (χ2n) is 5.79. The zero-order valence-corrected chi connectivity index (χ0v) is 11.1. The number of carbonyl (C=O) groups excluding carboxylic acids is 1. The van der Waals surface area contributed by atoms with Gasteiger partial charge in [-0.2, -0.15) is 0 Å². The Morgan fingerprint density at radius 2 is 2.00 bits per heavy atom. The standard InChI is InChI=1S/C12H24N2O2/c1-6-12(7-13-8-12)9-14(5)10(15)16-11(2,3)4/h13H,6-9H2,1-5H3. The van der Waals surface area contributed by atoms with E-state index in [-0.39, 0.29) is 11.5 Å². The van der Waals surface area contributed by atoms with Crippen LogP contribution in [0.1, 0.15) is 34.1 Å². The molecule has 0 aliphatic carbocycles. The van der Waals surface area contributed by atoms with Crippen molar-refractivity contribution in [3.8, 4) is 0 Å². The maximum atomic E-state index is 11.8. The van der Waals surface area contributed by atoms with Crippen molar-refractivity contribution in [1.82, 2.24) is 10.2 Å². The summed E-state index contributed by atoms with van der Waals surface area (Å²) < 4.78 is 5.33. The van der Waals surface area contributed by atoms with Crippen LogP contribution < -0.4 is 5.32 Å². The Hall–Kier alpha value is -0.770. The van der Waals surface area contributed by atoms with Crippen LogP contribution in [0.3, 0.4) is 0 Å². The second kappa shape index (κ2) is 4.62.